The van der Waals surface area contributed by atoms with Gasteiger partial charge in [-0.3, -0.25) is 14.4 Å². The Kier molecular flexibility index (Phi) is 7.90. The molecule has 1 aliphatic heterocycles. The molecule has 2 aromatic heterocycles. The lowest BCUT2D eigenvalue weighted by Crippen LogP contribution is -2.62. The van der Waals surface area contributed by atoms with Crippen molar-refractivity contribution in [1.82, 2.24) is 14.8 Å². The van der Waals surface area contributed by atoms with Gasteiger partial charge in [0.05, 0.1) is 11.5 Å². The van der Waals surface area contributed by atoms with Gasteiger partial charge in [0.2, 0.25) is 11.8 Å². The second-order valence-corrected chi connectivity index (χ2v) is 14.2. The summed E-state index contributed by atoms with van der Waals surface area (Å²) in [6.45, 7) is 11.1. The van der Waals surface area contributed by atoms with Crippen molar-refractivity contribution in [2.24, 2.45) is 11.8 Å². The molecule has 2 aromatic rings. The highest BCUT2D eigenvalue weighted by Gasteiger charge is 2.42. The Hall–Kier alpha value is -3.04. The fourth-order valence-corrected chi connectivity index (χ4v) is 6.95. The van der Waals surface area contributed by atoms with Crippen molar-refractivity contribution >= 4 is 28.9 Å². The first-order valence-electron chi connectivity index (χ1n) is 15.2. The number of carboxylic acid groups (broad SMARTS) is 1. The summed E-state index contributed by atoms with van der Waals surface area (Å²) in [7, 11) is 0. The number of hydrogen-bond donors (Lipinski definition) is 1. The van der Waals surface area contributed by atoms with Crippen LogP contribution >= 0.6 is 0 Å². The smallest absolute Gasteiger partial charge is 0.306 e. The van der Waals surface area contributed by atoms with E-state index in [0.717, 1.165) is 11.3 Å². The molecule has 1 saturated heterocycles. The fourth-order valence-electron chi connectivity index (χ4n) is 6.95. The number of aromatic nitrogens is 1. The Balaban J connectivity index is 1.34. The summed E-state index contributed by atoms with van der Waals surface area (Å²) in [5, 5.41) is 9.28. The molecular formula is C32H43F2N3O5. The first-order valence-corrected chi connectivity index (χ1v) is 15.2. The Labute approximate surface area is 245 Å². The number of halogens is 2. The number of piperazine rings is 1. The molecule has 8 nitrogen and oxygen atoms in total. The normalized spacial score (nSPS) is 25.0. The molecule has 10 heteroatoms. The van der Waals surface area contributed by atoms with Crippen LogP contribution in [0.25, 0.3) is 11.1 Å². The van der Waals surface area contributed by atoms with Crippen molar-refractivity contribution in [2.45, 2.75) is 109 Å². The Morgan fingerprint density at radius 2 is 1.60 bits per heavy atom. The predicted molar refractivity (Wildman–Crippen MR) is 154 cm³/mol. The van der Waals surface area contributed by atoms with E-state index in [1.807, 2.05) is 24.8 Å². The third kappa shape index (κ3) is 6.04. The number of rotatable bonds is 4. The van der Waals surface area contributed by atoms with Gasteiger partial charge in [-0.05, 0) is 63.9 Å². The fraction of sp³-hybridized carbons (Fsp3) is 0.688. The van der Waals surface area contributed by atoms with E-state index in [9.17, 15) is 28.3 Å². The van der Waals surface area contributed by atoms with E-state index in [1.165, 1.54) is 0 Å². The lowest BCUT2D eigenvalue weighted by Gasteiger charge is -2.47. The summed E-state index contributed by atoms with van der Waals surface area (Å²) in [4.78, 5) is 46.8. The van der Waals surface area contributed by atoms with E-state index in [2.05, 4.69) is 20.8 Å². The molecule has 2 amide bonds. The highest BCUT2D eigenvalue weighted by atomic mass is 19.3. The molecule has 3 aliphatic rings. The van der Waals surface area contributed by atoms with Crippen LogP contribution < -0.4 is 0 Å². The maximum atomic E-state index is 13.8. The zero-order valence-corrected chi connectivity index (χ0v) is 25.3. The van der Waals surface area contributed by atoms with Crippen molar-refractivity contribution in [1.29, 1.82) is 0 Å². The number of hydrogen-bond acceptors (Lipinski definition) is 5. The zero-order chi connectivity index (χ0) is 30.6. The van der Waals surface area contributed by atoms with E-state index in [4.69, 9.17) is 9.40 Å². The number of alkyl halides is 2. The predicted octanol–water partition coefficient (Wildman–Crippen LogP) is 6.37. The molecule has 0 bridgehead atoms. The third-order valence-corrected chi connectivity index (χ3v) is 9.54. The van der Waals surface area contributed by atoms with Gasteiger partial charge in [-0.2, -0.15) is 0 Å². The highest BCUT2D eigenvalue weighted by Crippen LogP contribution is 2.42. The van der Waals surface area contributed by atoms with Gasteiger partial charge in [0.15, 0.2) is 11.3 Å². The molecule has 1 N–H and O–H groups in total. The average Bonchev–Trinajstić information content (AvgIpc) is 3.35. The van der Waals surface area contributed by atoms with E-state index < -0.39 is 17.4 Å². The summed E-state index contributed by atoms with van der Waals surface area (Å²) in [6, 6.07) is 3.63. The SMILES string of the molecule is CC(C)(C)c1cc(C2CCC(F)(F)CC2)nc2cc(C(=O)N3CCN(C(=O)[C@H]4CC[C@@H](C(=O)O)CC4)CC3(C)C)oc12. The van der Waals surface area contributed by atoms with Gasteiger partial charge < -0.3 is 19.3 Å². The minimum absolute atomic E-state index is 0.0368. The van der Waals surface area contributed by atoms with Crippen molar-refractivity contribution < 1.29 is 32.7 Å². The monoisotopic (exact) mass is 587 g/mol. The maximum Gasteiger partial charge on any atom is 0.306 e. The number of carbonyl (C=O) groups is 3. The van der Waals surface area contributed by atoms with E-state index in [0.29, 0.717) is 69.3 Å². The van der Waals surface area contributed by atoms with E-state index in [-0.39, 0.29) is 53.6 Å². The van der Waals surface area contributed by atoms with Crippen molar-refractivity contribution in [3.05, 3.63) is 29.2 Å². The van der Waals surface area contributed by atoms with Crippen LogP contribution in [0.4, 0.5) is 8.78 Å². The number of pyridine rings is 1. The number of nitrogens with zero attached hydrogens (tertiary/aromatic N) is 3. The maximum absolute atomic E-state index is 13.8. The summed E-state index contributed by atoms with van der Waals surface area (Å²) >= 11 is 0. The largest absolute Gasteiger partial charge is 0.481 e. The van der Waals surface area contributed by atoms with Gasteiger partial charge in [0, 0.05) is 61.6 Å². The topological polar surface area (TPSA) is 104 Å². The van der Waals surface area contributed by atoms with E-state index >= 15 is 0 Å². The minimum Gasteiger partial charge on any atom is -0.481 e. The van der Waals surface area contributed by atoms with Crippen molar-refractivity contribution in [2.75, 3.05) is 19.6 Å². The minimum atomic E-state index is -2.62. The number of carboxylic acids is 1. The molecule has 0 radical (unpaired) electrons. The summed E-state index contributed by atoms with van der Waals surface area (Å²) in [5.41, 5.74) is 1.79. The standard InChI is InChI=1S/C32H43F2N3O5/c1-30(2,3)22-16-23(19-10-12-32(33,34)13-11-19)35-24-17-25(42-26(22)24)28(39)37-15-14-36(18-31(37,4)5)27(38)20-6-8-21(9-7-20)29(40)41/h16-17,19-21H,6-15,18H2,1-5H3,(H,40,41)/t20-,21+. The summed E-state index contributed by atoms with van der Waals surface area (Å²) < 4.78 is 33.9. The second kappa shape index (κ2) is 10.9. The Morgan fingerprint density at radius 1 is 0.976 bits per heavy atom. The lowest BCUT2D eigenvalue weighted by molar-refractivity contribution is -0.147. The molecule has 42 heavy (non-hydrogen) atoms. The molecule has 3 fully saturated rings. The molecular weight excluding hydrogens is 544 g/mol. The first-order chi connectivity index (χ1) is 19.6. The molecule has 0 spiro atoms. The third-order valence-electron chi connectivity index (χ3n) is 9.54. The van der Waals surface area contributed by atoms with Crippen LogP contribution in [0.2, 0.25) is 0 Å². The van der Waals surface area contributed by atoms with Gasteiger partial charge in [0.25, 0.3) is 5.91 Å². The molecule has 0 aromatic carbocycles. The van der Waals surface area contributed by atoms with Gasteiger partial charge in [-0.25, -0.2) is 13.8 Å². The quantitative estimate of drug-likeness (QED) is 0.446. The van der Waals surface area contributed by atoms with E-state index in [1.54, 1.807) is 11.0 Å². The number of amides is 2. The van der Waals surface area contributed by atoms with Crippen LogP contribution in [-0.4, -0.2) is 68.8 Å². The van der Waals surface area contributed by atoms with Crippen molar-refractivity contribution in [3.8, 4) is 0 Å². The van der Waals surface area contributed by atoms with Crippen LogP contribution in [0.1, 0.15) is 114 Å². The lowest BCUT2D eigenvalue weighted by atomic mass is 9.81. The molecule has 2 saturated carbocycles. The summed E-state index contributed by atoms with van der Waals surface area (Å²) in [5.74, 6) is -4.09. The van der Waals surface area contributed by atoms with Crippen LogP contribution in [0.3, 0.4) is 0 Å². The van der Waals surface area contributed by atoms with Crippen molar-refractivity contribution in [3.63, 3.8) is 0 Å². The van der Waals surface area contributed by atoms with Crippen LogP contribution in [0, 0.1) is 11.8 Å². The zero-order valence-electron chi connectivity index (χ0n) is 25.3. The highest BCUT2D eigenvalue weighted by molar-refractivity contribution is 5.96. The van der Waals surface area contributed by atoms with Gasteiger partial charge in [0.1, 0.15) is 5.52 Å². The molecule has 2 aliphatic carbocycles. The van der Waals surface area contributed by atoms with Gasteiger partial charge in [-0.1, -0.05) is 20.8 Å². The Bertz CT molecular complexity index is 1360. The number of fused-ring (bicyclic) bond motifs is 1. The second-order valence-electron chi connectivity index (χ2n) is 14.2. The van der Waals surface area contributed by atoms with Gasteiger partial charge >= 0.3 is 5.97 Å². The first kappa shape index (κ1) is 30.4. The Morgan fingerprint density at radius 3 is 2.17 bits per heavy atom. The average molecular weight is 588 g/mol. The van der Waals surface area contributed by atoms with Crippen LogP contribution in [0.5, 0.6) is 0 Å². The molecule has 0 atom stereocenters. The summed E-state index contributed by atoms with van der Waals surface area (Å²) in [6.07, 6.45) is 2.62. The van der Waals surface area contributed by atoms with Crippen LogP contribution in [-0.2, 0) is 15.0 Å². The number of aliphatic carboxylic acids is 1. The number of carbonyl (C=O) groups excluding carboxylic acids is 2. The molecule has 0 unspecified atom stereocenters. The van der Waals surface area contributed by atoms with Gasteiger partial charge in [-0.15, -0.1) is 0 Å². The molecule has 3 heterocycles. The number of furan rings is 1. The molecule has 5 rings (SSSR count). The van der Waals surface area contributed by atoms with Crippen LogP contribution in [0.15, 0.2) is 16.5 Å². The molecule has 230 valence electrons.